The molecule has 3 rings (SSSR count). The van der Waals surface area contributed by atoms with Crippen molar-refractivity contribution in [3.05, 3.63) is 54.1 Å². The summed E-state index contributed by atoms with van der Waals surface area (Å²) in [6.45, 7) is 0.254. The van der Waals surface area contributed by atoms with E-state index in [1.165, 1.54) is 23.5 Å². The minimum atomic E-state index is -3.78. The lowest BCUT2D eigenvalue weighted by Crippen LogP contribution is -2.43. The molecular formula is C19H20F2N2O4S. The number of piperidine rings is 1. The van der Waals surface area contributed by atoms with Gasteiger partial charge < -0.3 is 10.1 Å². The van der Waals surface area contributed by atoms with Crippen molar-refractivity contribution in [2.24, 2.45) is 5.92 Å². The molecule has 150 valence electrons. The molecule has 0 radical (unpaired) electrons. The highest BCUT2D eigenvalue weighted by atomic mass is 32.2. The van der Waals surface area contributed by atoms with E-state index < -0.39 is 33.5 Å². The Balaban J connectivity index is 1.73. The molecule has 2 aromatic rings. The fourth-order valence-corrected chi connectivity index (χ4v) is 4.62. The van der Waals surface area contributed by atoms with Gasteiger partial charge in [-0.15, -0.1) is 0 Å². The highest BCUT2D eigenvalue weighted by Gasteiger charge is 2.33. The third-order valence-corrected chi connectivity index (χ3v) is 6.52. The van der Waals surface area contributed by atoms with Crippen molar-refractivity contribution in [2.45, 2.75) is 17.7 Å². The van der Waals surface area contributed by atoms with Crippen LogP contribution in [0.1, 0.15) is 12.8 Å². The van der Waals surface area contributed by atoms with Crippen LogP contribution in [-0.4, -0.2) is 38.8 Å². The van der Waals surface area contributed by atoms with Gasteiger partial charge in [-0.05, 0) is 49.2 Å². The number of benzene rings is 2. The zero-order chi connectivity index (χ0) is 20.3. The third-order valence-electron chi connectivity index (χ3n) is 4.64. The normalized spacial score (nSPS) is 17.9. The molecule has 1 fully saturated rings. The summed E-state index contributed by atoms with van der Waals surface area (Å²) in [4.78, 5) is 12.6. The number of hydrogen-bond donors (Lipinski definition) is 1. The van der Waals surface area contributed by atoms with E-state index in [9.17, 15) is 22.0 Å². The molecule has 0 aromatic heterocycles. The van der Waals surface area contributed by atoms with Crippen LogP contribution < -0.4 is 10.1 Å². The number of hydrogen-bond acceptors (Lipinski definition) is 4. The monoisotopic (exact) mass is 410 g/mol. The molecule has 0 saturated carbocycles. The van der Waals surface area contributed by atoms with Gasteiger partial charge in [-0.3, -0.25) is 4.79 Å². The Morgan fingerprint density at radius 1 is 1.18 bits per heavy atom. The maximum Gasteiger partial charge on any atom is 0.243 e. The van der Waals surface area contributed by atoms with E-state index in [1.54, 1.807) is 12.1 Å². The molecule has 1 unspecified atom stereocenters. The first-order valence-corrected chi connectivity index (χ1v) is 10.2. The Labute approximate surface area is 162 Å². The Kier molecular flexibility index (Phi) is 5.95. The maximum atomic E-state index is 13.7. The van der Waals surface area contributed by atoms with Gasteiger partial charge in [0.2, 0.25) is 15.9 Å². The highest BCUT2D eigenvalue weighted by molar-refractivity contribution is 7.89. The van der Waals surface area contributed by atoms with Crippen molar-refractivity contribution in [2.75, 3.05) is 25.5 Å². The first-order valence-electron chi connectivity index (χ1n) is 8.71. The van der Waals surface area contributed by atoms with Gasteiger partial charge in [0.05, 0.1) is 23.6 Å². The minimum absolute atomic E-state index is 0.0306. The van der Waals surface area contributed by atoms with Gasteiger partial charge in [-0.25, -0.2) is 17.2 Å². The van der Waals surface area contributed by atoms with Crippen molar-refractivity contribution in [3.63, 3.8) is 0 Å². The quantitative estimate of drug-likeness (QED) is 0.822. The number of carbonyl (C=O) groups excluding carboxylic acids is 1. The number of sulfonamides is 1. The molecular weight excluding hydrogens is 390 g/mol. The lowest BCUT2D eigenvalue weighted by molar-refractivity contribution is -0.120. The molecule has 1 amide bonds. The largest absolute Gasteiger partial charge is 0.497 e. The van der Waals surface area contributed by atoms with Crippen LogP contribution in [-0.2, 0) is 14.8 Å². The van der Waals surface area contributed by atoms with Crippen LogP contribution in [0.3, 0.4) is 0 Å². The standard InChI is InChI=1S/C19H20F2N2O4S/c1-27-15-5-7-16(8-6-15)28(25,26)23-10-2-3-13(12-23)19(24)22-18-11-14(20)4-9-17(18)21/h4-9,11,13H,2-3,10,12H2,1H3,(H,22,24). The van der Waals surface area contributed by atoms with Gasteiger partial charge in [-0.1, -0.05) is 0 Å². The van der Waals surface area contributed by atoms with Gasteiger partial charge >= 0.3 is 0 Å². The van der Waals surface area contributed by atoms with E-state index in [2.05, 4.69) is 5.32 Å². The number of nitrogens with one attached hydrogen (secondary N) is 1. The molecule has 1 saturated heterocycles. The second-order valence-electron chi connectivity index (χ2n) is 6.49. The lowest BCUT2D eigenvalue weighted by atomic mass is 9.98. The minimum Gasteiger partial charge on any atom is -0.497 e. The Bertz CT molecular complexity index is 964. The second kappa shape index (κ2) is 8.24. The van der Waals surface area contributed by atoms with Crippen molar-refractivity contribution < 1.29 is 26.7 Å². The lowest BCUT2D eigenvalue weighted by Gasteiger charge is -2.31. The summed E-state index contributed by atoms with van der Waals surface area (Å²) in [5, 5.41) is 2.36. The number of ether oxygens (including phenoxy) is 1. The molecule has 28 heavy (non-hydrogen) atoms. The van der Waals surface area contributed by atoms with Gasteiger partial charge in [0.15, 0.2) is 0 Å². The van der Waals surface area contributed by atoms with Crippen LogP contribution in [0.4, 0.5) is 14.5 Å². The summed E-state index contributed by atoms with van der Waals surface area (Å²) in [5.41, 5.74) is -0.264. The number of carbonyl (C=O) groups is 1. The molecule has 9 heteroatoms. The molecule has 1 atom stereocenters. The Hall–Kier alpha value is -2.52. The molecule has 0 aliphatic carbocycles. The maximum absolute atomic E-state index is 13.7. The van der Waals surface area contributed by atoms with Crippen LogP contribution >= 0.6 is 0 Å². The summed E-state index contributed by atoms with van der Waals surface area (Å²) in [6.07, 6.45) is 0.941. The molecule has 1 aliphatic heterocycles. The van der Waals surface area contributed by atoms with Crippen LogP contribution in [0.15, 0.2) is 47.4 Å². The molecule has 0 spiro atoms. The van der Waals surface area contributed by atoms with Crippen LogP contribution in [0, 0.1) is 17.6 Å². The van der Waals surface area contributed by atoms with E-state index in [4.69, 9.17) is 4.74 Å². The topological polar surface area (TPSA) is 75.7 Å². The summed E-state index contributed by atoms with van der Waals surface area (Å²) in [6, 6.07) is 8.75. The third kappa shape index (κ3) is 4.31. The average molecular weight is 410 g/mol. The number of halogens is 2. The summed E-state index contributed by atoms with van der Waals surface area (Å²) in [7, 11) is -2.29. The smallest absolute Gasteiger partial charge is 0.243 e. The van der Waals surface area contributed by atoms with Crippen molar-refractivity contribution in [3.8, 4) is 5.75 Å². The fraction of sp³-hybridized carbons (Fsp3) is 0.316. The number of methoxy groups -OCH3 is 1. The van der Waals surface area contributed by atoms with Crippen LogP contribution in [0.2, 0.25) is 0 Å². The average Bonchev–Trinajstić information content (AvgIpc) is 2.71. The van der Waals surface area contributed by atoms with Gasteiger partial charge in [0.25, 0.3) is 0 Å². The summed E-state index contributed by atoms with van der Waals surface area (Å²) >= 11 is 0. The van der Waals surface area contributed by atoms with Gasteiger partial charge in [0.1, 0.15) is 17.4 Å². The van der Waals surface area contributed by atoms with Crippen molar-refractivity contribution >= 4 is 21.6 Å². The highest BCUT2D eigenvalue weighted by Crippen LogP contribution is 2.26. The fourth-order valence-electron chi connectivity index (χ4n) is 3.10. The first kappa shape index (κ1) is 20.2. The first-order chi connectivity index (χ1) is 13.3. The van der Waals surface area contributed by atoms with Crippen molar-refractivity contribution in [1.82, 2.24) is 4.31 Å². The van der Waals surface area contributed by atoms with Crippen LogP contribution in [0.5, 0.6) is 5.75 Å². The number of rotatable bonds is 5. The molecule has 1 N–H and O–H groups in total. The van der Waals surface area contributed by atoms with E-state index in [0.717, 1.165) is 18.2 Å². The molecule has 1 aliphatic rings. The second-order valence-corrected chi connectivity index (χ2v) is 8.43. The molecule has 1 heterocycles. The van der Waals surface area contributed by atoms with Gasteiger partial charge in [0, 0.05) is 19.2 Å². The zero-order valence-corrected chi connectivity index (χ0v) is 16.0. The van der Waals surface area contributed by atoms with E-state index in [-0.39, 0.29) is 23.7 Å². The molecule has 2 aromatic carbocycles. The van der Waals surface area contributed by atoms with E-state index in [1.807, 2.05) is 0 Å². The van der Waals surface area contributed by atoms with Crippen molar-refractivity contribution in [1.29, 1.82) is 0 Å². The number of anilines is 1. The van der Waals surface area contributed by atoms with E-state index >= 15 is 0 Å². The van der Waals surface area contributed by atoms with Crippen LogP contribution in [0.25, 0.3) is 0 Å². The number of amides is 1. The molecule has 6 nitrogen and oxygen atoms in total. The molecule has 0 bridgehead atoms. The SMILES string of the molecule is COc1ccc(S(=O)(=O)N2CCCC(C(=O)Nc3cc(F)ccc3F)C2)cc1. The summed E-state index contributed by atoms with van der Waals surface area (Å²) < 4.78 is 59.0. The van der Waals surface area contributed by atoms with E-state index in [0.29, 0.717) is 18.6 Å². The predicted octanol–water partition coefficient (Wildman–Crippen LogP) is 3.01. The van der Waals surface area contributed by atoms with Gasteiger partial charge in [-0.2, -0.15) is 4.31 Å². The summed E-state index contributed by atoms with van der Waals surface area (Å²) in [5.74, 6) is -2.10. The number of nitrogens with zero attached hydrogens (tertiary/aromatic N) is 1. The Morgan fingerprint density at radius 3 is 2.57 bits per heavy atom. The predicted molar refractivity (Wildman–Crippen MR) is 99.5 cm³/mol. The Morgan fingerprint density at radius 2 is 1.89 bits per heavy atom. The zero-order valence-electron chi connectivity index (χ0n) is 15.2.